The molecule has 34 heavy (non-hydrogen) atoms. The fraction of sp³-hybridized carbons (Fsp3) is 0.240. The van der Waals surface area contributed by atoms with Crippen molar-refractivity contribution in [3.8, 4) is 11.8 Å². The third kappa shape index (κ3) is 6.76. The summed E-state index contributed by atoms with van der Waals surface area (Å²) in [5.74, 6) is 5.92. The van der Waals surface area contributed by atoms with Crippen molar-refractivity contribution in [1.82, 2.24) is 25.7 Å². The van der Waals surface area contributed by atoms with Gasteiger partial charge < -0.3 is 20.9 Å². The van der Waals surface area contributed by atoms with E-state index in [2.05, 4.69) is 27.5 Å². The maximum absolute atomic E-state index is 12.4. The van der Waals surface area contributed by atoms with Crippen LogP contribution in [0.5, 0.6) is 0 Å². The van der Waals surface area contributed by atoms with E-state index in [0.717, 1.165) is 29.1 Å². The van der Waals surface area contributed by atoms with Crippen LogP contribution in [0.1, 0.15) is 39.8 Å². The Morgan fingerprint density at radius 3 is 2.21 bits per heavy atom. The molecule has 0 radical (unpaired) electrons. The molecule has 0 aliphatic heterocycles. The smallest absolute Gasteiger partial charge is 0.267 e. The second-order valence-corrected chi connectivity index (χ2v) is 7.87. The Morgan fingerprint density at radius 1 is 1.06 bits per heavy atom. The molecule has 3 rings (SSSR count). The maximum atomic E-state index is 12.4. The Balaban J connectivity index is 1.55. The molecule has 6 N–H and O–H groups in total. The average Bonchev–Trinajstić information content (AvgIpc) is 3.26. The van der Waals surface area contributed by atoms with Gasteiger partial charge in [0.1, 0.15) is 11.9 Å². The van der Waals surface area contributed by atoms with Crippen molar-refractivity contribution in [1.29, 1.82) is 0 Å². The van der Waals surface area contributed by atoms with E-state index in [4.69, 9.17) is 10.9 Å². The van der Waals surface area contributed by atoms with E-state index in [1.165, 1.54) is 5.48 Å². The van der Waals surface area contributed by atoms with E-state index in [1.807, 2.05) is 42.1 Å². The summed E-state index contributed by atoms with van der Waals surface area (Å²) in [7, 11) is 1.97. The summed E-state index contributed by atoms with van der Waals surface area (Å²) in [4.78, 5) is 28.3. The van der Waals surface area contributed by atoms with Crippen molar-refractivity contribution in [2.24, 2.45) is 12.8 Å². The van der Waals surface area contributed by atoms with Crippen LogP contribution in [-0.4, -0.2) is 38.7 Å². The number of carbonyl (C=O) groups is 2. The maximum Gasteiger partial charge on any atom is 0.267 e. The van der Waals surface area contributed by atoms with Gasteiger partial charge in [0.25, 0.3) is 11.8 Å². The molecule has 0 bridgehead atoms. The van der Waals surface area contributed by atoms with Crippen LogP contribution in [0.15, 0.2) is 60.9 Å². The molecule has 0 spiro atoms. The number of nitrogens with two attached hydrogens (primary N) is 1. The second-order valence-electron chi connectivity index (χ2n) is 7.87. The molecular weight excluding hydrogens is 432 g/mol. The summed E-state index contributed by atoms with van der Waals surface area (Å²) in [6, 6.07) is 12.9. The number of imidazole rings is 1. The summed E-state index contributed by atoms with van der Waals surface area (Å²) >= 11 is 0. The summed E-state index contributed by atoms with van der Waals surface area (Å²) < 4.78 is 1.98. The quantitative estimate of drug-likeness (QED) is 0.194. The van der Waals surface area contributed by atoms with Gasteiger partial charge in [-0.15, -0.1) is 0 Å². The molecule has 0 aliphatic rings. The van der Waals surface area contributed by atoms with Crippen LogP contribution in [0.2, 0.25) is 0 Å². The number of hydrogen-bond acceptors (Lipinski definition) is 6. The van der Waals surface area contributed by atoms with Crippen LogP contribution in [0.25, 0.3) is 0 Å². The molecule has 176 valence electrons. The van der Waals surface area contributed by atoms with Crippen molar-refractivity contribution in [2.45, 2.75) is 32.1 Å². The molecule has 1 aromatic heterocycles. The highest BCUT2D eigenvalue weighted by Crippen LogP contribution is 2.07. The number of amides is 2. The topological polar surface area (TPSA) is 134 Å². The third-order valence-corrected chi connectivity index (χ3v) is 5.19. The van der Waals surface area contributed by atoms with E-state index in [9.17, 15) is 9.59 Å². The summed E-state index contributed by atoms with van der Waals surface area (Å²) in [6.45, 7) is 2.98. The molecule has 2 atom stereocenters. The number of nitrogens with zero attached hydrogens (tertiary/aromatic N) is 2. The normalized spacial score (nSPS) is 12.2. The van der Waals surface area contributed by atoms with Crippen molar-refractivity contribution < 1.29 is 14.8 Å². The summed E-state index contributed by atoms with van der Waals surface area (Å²) in [6.07, 6.45) is 3.70. The van der Waals surface area contributed by atoms with Crippen molar-refractivity contribution in [3.05, 3.63) is 89.0 Å². The minimum absolute atomic E-state index is 0.351. The largest absolute Gasteiger partial charge is 0.339 e. The molecule has 2 amide bonds. The van der Waals surface area contributed by atoms with E-state index in [1.54, 1.807) is 37.4 Å². The lowest BCUT2D eigenvalue weighted by molar-refractivity contribution is -0.131. The lowest BCUT2D eigenvalue weighted by Gasteiger charge is -2.20. The van der Waals surface area contributed by atoms with Gasteiger partial charge in [-0.1, -0.05) is 24.0 Å². The zero-order valence-corrected chi connectivity index (χ0v) is 19.1. The fourth-order valence-electron chi connectivity index (χ4n) is 3.17. The van der Waals surface area contributed by atoms with Gasteiger partial charge >= 0.3 is 0 Å². The highest BCUT2D eigenvalue weighted by atomic mass is 16.5. The van der Waals surface area contributed by atoms with E-state index in [-0.39, 0.29) is 0 Å². The highest BCUT2D eigenvalue weighted by molar-refractivity contribution is 5.97. The minimum atomic E-state index is -1.05. The molecular formula is C25H28N6O3. The SMILES string of the molecule is C[C@@H](N)C(NC(=O)c1ccc(C#Cc2ccc(CNCc3nccn3C)cc2)cc1)C(=O)NO. The number of carbonyl (C=O) groups excluding carboxylic acids is 2. The van der Waals surface area contributed by atoms with Crippen molar-refractivity contribution in [2.75, 3.05) is 0 Å². The monoisotopic (exact) mass is 460 g/mol. The number of rotatable bonds is 8. The van der Waals surface area contributed by atoms with Crippen molar-refractivity contribution in [3.63, 3.8) is 0 Å². The lowest BCUT2D eigenvalue weighted by atomic mass is 10.1. The van der Waals surface area contributed by atoms with Crippen LogP contribution in [0.3, 0.4) is 0 Å². The van der Waals surface area contributed by atoms with Crippen LogP contribution in [0.4, 0.5) is 0 Å². The van der Waals surface area contributed by atoms with Gasteiger partial charge in [0.15, 0.2) is 0 Å². The Kier molecular flexibility index (Phi) is 8.54. The zero-order valence-electron chi connectivity index (χ0n) is 19.1. The first-order valence-corrected chi connectivity index (χ1v) is 10.8. The Hall–Kier alpha value is -3.97. The van der Waals surface area contributed by atoms with Gasteiger partial charge in [-0.05, 0) is 48.9 Å². The van der Waals surface area contributed by atoms with Crippen LogP contribution >= 0.6 is 0 Å². The fourth-order valence-corrected chi connectivity index (χ4v) is 3.17. The van der Waals surface area contributed by atoms with E-state index >= 15 is 0 Å². The van der Waals surface area contributed by atoms with Crippen molar-refractivity contribution >= 4 is 11.8 Å². The van der Waals surface area contributed by atoms with Gasteiger partial charge in [-0.3, -0.25) is 14.8 Å². The molecule has 9 heteroatoms. The summed E-state index contributed by atoms with van der Waals surface area (Å²) in [5, 5.41) is 14.7. The van der Waals surface area contributed by atoms with Crippen LogP contribution < -0.4 is 21.8 Å². The number of aryl methyl sites for hydroxylation is 1. The summed E-state index contributed by atoms with van der Waals surface area (Å²) in [5.41, 5.74) is 10.3. The van der Waals surface area contributed by atoms with Gasteiger partial charge in [0.2, 0.25) is 0 Å². The zero-order chi connectivity index (χ0) is 24.5. The van der Waals surface area contributed by atoms with Crippen LogP contribution in [-0.2, 0) is 24.9 Å². The van der Waals surface area contributed by atoms with Gasteiger partial charge in [-0.25, -0.2) is 10.5 Å². The second kappa shape index (κ2) is 11.8. The van der Waals surface area contributed by atoms with E-state index < -0.39 is 23.9 Å². The first-order chi connectivity index (χ1) is 16.4. The number of benzene rings is 2. The Bertz CT molecular complexity index is 1170. The number of aromatic nitrogens is 2. The number of hydroxylamine groups is 1. The van der Waals surface area contributed by atoms with Gasteiger partial charge in [0, 0.05) is 48.7 Å². The predicted molar refractivity (Wildman–Crippen MR) is 127 cm³/mol. The first kappa shape index (κ1) is 24.7. The van der Waals surface area contributed by atoms with Crippen LogP contribution in [0, 0.1) is 11.8 Å². The molecule has 1 heterocycles. The molecule has 0 saturated carbocycles. The Labute approximate surface area is 198 Å². The Morgan fingerprint density at radius 2 is 1.68 bits per heavy atom. The molecule has 1 unspecified atom stereocenters. The highest BCUT2D eigenvalue weighted by Gasteiger charge is 2.24. The number of nitrogens with one attached hydrogen (secondary N) is 3. The molecule has 2 aromatic carbocycles. The third-order valence-electron chi connectivity index (χ3n) is 5.19. The lowest BCUT2D eigenvalue weighted by Crippen LogP contribution is -2.54. The molecule has 9 nitrogen and oxygen atoms in total. The predicted octanol–water partition coefficient (Wildman–Crippen LogP) is 1.06. The molecule has 0 aliphatic carbocycles. The molecule has 3 aromatic rings. The number of hydrogen-bond donors (Lipinski definition) is 5. The van der Waals surface area contributed by atoms with Gasteiger partial charge in [-0.2, -0.15) is 0 Å². The standard InChI is InChI=1S/C25H28N6O3/c1-17(26)23(25(33)30-34)29-24(32)21-11-9-19(10-12-21)4-3-18-5-7-20(8-6-18)15-27-16-22-28-13-14-31(22)2/h5-14,17,23,27,34H,15-16,26H2,1-2H3,(H,29,32)(H,30,33)/t17-,23?/m1/s1. The van der Waals surface area contributed by atoms with Gasteiger partial charge in [0.05, 0.1) is 6.54 Å². The minimum Gasteiger partial charge on any atom is -0.339 e. The average molecular weight is 461 g/mol. The molecule has 0 saturated heterocycles. The van der Waals surface area contributed by atoms with E-state index in [0.29, 0.717) is 12.1 Å². The first-order valence-electron chi connectivity index (χ1n) is 10.8. The molecule has 0 fully saturated rings.